The summed E-state index contributed by atoms with van der Waals surface area (Å²) in [6, 6.07) is -0.281. The van der Waals surface area contributed by atoms with Crippen LogP contribution >= 0.6 is 0 Å². The van der Waals surface area contributed by atoms with Gasteiger partial charge in [0.15, 0.2) is 0 Å². The fraction of sp³-hybridized carbons (Fsp3) is 0.846. The predicted molar refractivity (Wildman–Crippen MR) is 63.1 cm³/mol. The monoisotopic (exact) mass is 236 g/mol. The molecule has 0 aromatic heterocycles. The van der Waals surface area contributed by atoms with E-state index >= 15 is 0 Å². The zero-order valence-electron chi connectivity index (χ0n) is 10.7. The molecule has 4 heteroatoms. The van der Waals surface area contributed by atoms with Crippen LogP contribution in [0.15, 0.2) is 0 Å². The minimum Gasteiger partial charge on any atom is -0.342 e. The second-order valence-electron chi connectivity index (χ2n) is 6.45. The van der Waals surface area contributed by atoms with Gasteiger partial charge in [0, 0.05) is 6.04 Å². The second kappa shape index (κ2) is 3.24. The number of carbonyl (C=O) groups is 2. The lowest BCUT2D eigenvalue weighted by Crippen LogP contribution is -2.64. The van der Waals surface area contributed by atoms with E-state index in [0.717, 1.165) is 19.3 Å². The standard InChI is InChI=1S/C13H20N2O2/c1-7-11(16)14-10(8-4-5-8)12(17)15(7)9-6-13(9,2)3/h7-10H,4-6H2,1-3H3,(H,14,16). The molecule has 2 amide bonds. The van der Waals surface area contributed by atoms with Crippen LogP contribution in [0.25, 0.3) is 0 Å². The molecule has 0 aromatic carbocycles. The summed E-state index contributed by atoms with van der Waals surface area (Å²) in [7, 11) is 0. The largest absolute Gasteiger partial charge is 0.342 e. The average Bonchev–Trinajstić information content (AvgIpc) is 3.12. The van der Waals surface area contributed by atoms with Crippen LogP contribution in [0.4, 0.5) is 0 Å². The first kappa shape index (κ1) is 11.1. The van der Waals surface area contributed by atoms with Crippen LogP contribution in [0.3, 0.4) is 0 Å². The maximum atomic E-state index is 12.4. The highest BCUT2D eigenvalue weighted by Gasteiger charge is 2.57. The molecule has 0 radical (unpaired) electrons. The molecule has 3 unspecified atom stereocenters. The van der Waals surface area contributed by atoms with Gasteiger partial charge in [-0.2, -0.15) is 0 Å². The molecule has 3 fully saturated rings. The summed E-state index contributed by atoms with van der Waals surface area (Å²) in [5.41, 5.74) is 0.190. The van der Waals surface area contributed by atoms with Crippen molar-refractivity contribution in [3.63, 3.8) is 0 Å². The predicted octanol–water partition coefficient (Wildman–Crippen LogP) is 0.910. The highest BCUT2D eigenvalue weighted by atomic mass is 16.2. The SMILES string of the molecule is CC1C(=O)NC(C2CC2)C(=O)N1C1CC1(C)C. The molecule has 3 aliphatic rings. The Bertz CT molecular complexity index is 387. The first-order chi connectivity index (χ1) is 7.92. The Hall–Kier alpha value is -1.06. The van der Waals surface area contributed by atoms with Gasteiger partial charge in [-0.1, -0.05) is 13.8 Å². The van der Waals surface area contributed by atoms with Crippen molar-refractivity contribution in [2.75, 3.05) is 0 Å². The molecule has 0 spiro atoms. The van der Waals surface area contributed by atoms with Crippen molar-refractivity contribution in [2.24, 2.45) is 11.3 Å². The third-order valence-electron chi connectivity index (χ3n) is 4.51. The molecule has 0 aromatic rings. The number of rotatable bonds is 2. The van der Waals surface area contributed by atoms with E-state index in [2.05, 4.69) is 19.2 Å². The Morgan fingerprint density at radius 3 is 2.35 bits per heavy atom. The fourth-order valence-electron chi connectivity index (χ4n) is 2.90. The maximum absolute atomic E-state index is 12.4. The van der Waals surface area contributed by atoms with Crippen LogP contribution in [-0.2, 0) is 9.59 Å². The van der Waals surface area contributed by atoms with Crippen LogP contribution in [-0.4, -0.2) is 34.8 Å². The van der Waals surface area contributed by atoms with E-state index in [0.29, 0.717) is 5.92 Å². The number of carbonyl (C=O) groups excluding carboxylic acids is 2. The normalized spacial score (nSPS) is 40.2. The summed E-state index contributed by atoms with van der Waals surface area (Å²) in [5.74, 6) is 0.558. The quantitative estimate of drug-likeness (QED) is 0.774. The Morgan fingerprint density at radius 1 is 1.29 bits per heavy atom. The van der Waals surface area contributed by atoms with Crippen molar-refractivity contribution in [1.29, 1.82) is 0 Å². The number of nitrogens with zero attached hydrogens (tertiary/aromatic N) is 1. The van der Waals surface area contributed by atoms with E-state index in [-0.39, 0.29) is 35.4 Å². The number of amides is 2. The van der Waals surface area contributed by atoms with E-state index in [1.807, 2.05) is 11.8 Å². The molecule has 0 bridgehead atoms. The van der Waals surface area contributed by atoms with Gasteiger partial charge in [-0.05, 0) is 37.5 Å². The van der Waals surface area contributed by atoms with Crippen molar-refractivity contribution < 1.29 is 9.59 Å². The fourth-order valence-corrected chi connectivity index (χ4v) is 2.90. The lowest BCUT2D eigenvalue weighted by atomic mass is 10.0. The van der Waals surface area contributed by atoms with E-state index < -0.39 is 0 Å². The molecule has 3 atom stereocenters. The summed E-state index contributed by atoms with van der Waals surface area (Å²) in [6.07, 6.45) is 3.17. The molecular weight excluding hydrogens is 216 g/mol. The molecule has 3 rings (SSSR count). The first-order valence-corrected chi connectivity index (χ1v) is 6.54. The first-order valence-electron chi connectivity index (χ1n) is 6.54. The highest BCUT2D eigenvalue weighted by Crippen LogP contribution is 2.50. The lowest BCUT2D eigenvalue weighted by Gasteiger charge is -2.38. The van der Waals surface area contributed by atoms with Crippen molar-refractivity contribution in [3.05, 3.63) is 0 Å². The number of piperazine rings is 1. The smallest absolute Gasteiger partial charge is 0.246 e. The minimum atomic E-state index is -0.302. The van der Waals surface area contributed by atoms with Crippen molar-refractivity contribution in [2.45, 2.75) is 58.2 Å². The molecule has 17 heavy (non-hydrogen) atoms. The van der Waals surface area contributed by atoms with Gasteiger partial charge in [0.1, 0.15) is 12.1 Å². The Morgan fingerprint density at radius 2 is 1.88 bits per heavy atom. The second-order valence-corrected chi connectivity index (χ2v) is 6.45. The summed E-state index contributed by atoms with van der Waals surface area (Å²) in [5, 5.41) is 2.89. The topological polar surface area (TPSA) is 49.4 Å². The third-order valence-corrected chi connectivity index (χ3v) is 4.51. The Labute approximate surface area is 102 Å². The molecule has 1 heterocycles. The van der Waals surface area contributed by atoms with Crippen LogP contribution < -0.4 is 5.32 Å². The van der Waals surface area contributed by atoms with Crippen LogP contribution in [0.2, 0.25) is 0 Å². The molecule has 94 valence electrons. The van der Waals surface area contributed by atoms with E-state index in [1.54, 1.807) is 0 Å². The molecular formula is C13H20N2O2. The molecule has 2 aliphatic carbocycles. The summed E-state index contributed by atoms with van der Waals surface area (Å²) in [4.78, 5) is 26.2. The van der Waals surface area contributed by atoms with Crippen molar-refractivity contribution in [1.82, 2.24) is 10.2 Å². The Balaban J connectivity index is 1.83. The number of hydrogen-bond donors (Lipinski definition) is 1. The zero-order valence-corrected chi connectivity index (χ0v) is 10.7. The van der Waals surface area contributed by atoms with Crippen LogP contribution in [0.5, 0.6) is 0 Å². The lowest BCUT2D eigenvalue weighted by molar-refractivity contribution is -0.150. The van der Waals surface area contributed by atoms with Gasteiger partial charge in [0.05, 0.1) is 0 Å². The average molecular weight is 236 g/mol. The van der Waals surface area contributed by atoms with Gasteiger partial charge in [-0.3, -0.25) is 9.59 Å². The zero-order chi connectivity index (χ0) is 12.4. The summed E-state index contributed by atoms with van der Waals surface area (Å²) in [6.45, 7) is 6.16. The molecule has 4 nitrogen and oxygen atoms in total. The summed E-state index contributed by atoms with van der Waals surface area (Å²) < 4.78 is 0. The molecule has 1 aliphatic heterocycles. The van der Waals surface area contributed by atoms with Crippen LogP contribution in [0, 0.1) is 11.3 Å². The van der Waals surface area contributed by atoms with Gasteiger partial charge < -0.3 is 10.2 Å². The highest BCUT2D eigenvalue weighted by molar-refractivity contribution is 5.97. The number of nitrogens with one attached hydrogen (secondary N) is 1. The van der Waals surface area contributed by atoms with Gasteiger partial charge in [-0.15, -0.1) is 0 Å². The molecule has 1 saturated heterocycles. The third kappa shape index (κ3) is 1.65. The van der Waals surface area contributed by atoms with E-state index in [4.69, 9.17) is 0 Å². The van der Waals surface area contributed by atoms with Crippen molar-refractivity contribution in [3.8, 4) is 0 Å². The Kier molecular flexibility index (Phi) is 2.11. The summed E-state index contributed by atoms with van der Waals surface area (Å²) >= 11 is 0. The van der Waals surface area contributed by atoms with E-state index in [9.17, 15) is 9.59 Å². The maximum Gasteiger partial charge on any atom is 0.246 e. The number of hydrogen-bond acceptors (Lipinski definition) is 2. The van der Waals surface area contributed by atoms with Gasteiger partial charge in [0.25, 0.3) is 0 Å². The van der Waals surface area contributed by atoms with Crippen molar-refractivity contribution >= 4 is 11.8 Å². The molecule has 1 N–H and O–H groups in total. The van der Waals surface area contributed by atoms with Gasteiger partial charge in [-0.25, -0.2) is 0 Å². The molecule has 2 saturated carbocycles. The minimum absolute atomic E-state index is 0.0178. The van der Waals surface area contributed by atoms with Gasteiger partial charge >= 0.3 is 0 Å². The van der Waals surface area contributed by atoms with Crippen LogP contribution in [0.1, 0.15) is 40.0 Å². The van der Waals surface area contributed by atoms with E-state index in [1.165, 1.54) is 0 Å². The van der Waals surface area contributed by atoms with Gasteiger partial charge in [0.2, 0.25) is 11.8 Å².